The number of nitrogens with zero attached hydrogens (tertiary/aromatic N) is 3. The van der Waals surface area contributed by atoms with E-state index < -0.39 is 15.4 Å². The van der Waals surface area contributed by atoms with Crippen molar-refractivity contribution in [3.8, 4) is 11.3 Å². The number of carbonyl (C=O) groups excluding carboxylic acids is 2. The predicted octanol–water partition coefficient (Wildman–Crippen LogP) is 3.28. The van der Waals surface area contributed by atoms with E-state index in [9.17, 15) is 18.0 Å². The summed E-state index contributed by atoms with van der Waals surface area (Å²) >= 11 is 1.31. The minimum atomic E-state index is -3.49. The quantitative estimate of drug-likeness (QED) is 0.711. The van der Waals surface area contributed by atoms with Crippen molar-refractivity contribution in [2.45, 2.75) is 38.5 Å². The normalized spacial score (nSPS) is 17.4. The predicted molar refractivity (Wildman–Crippen MR) is 126 cm³/mol. The van der Waals surface area contributed by atoms with E-state index in [1.54, 1.807) is 29.2 Å². The molecule has 32 heavy (non-hydrogen) atoms. The van der Waals surface area contributed by atoms with Crippen LogP contribution in [0, 0.1) is 11.3 Å². The van der Waals surface area contributed by atoms with Gasteiger partial charge in [-0.05, 0) is 25.0 Å². The zero-order chi connectivity index (χ0) is 23.7. The Kier molecular flexibility index (Phi) is 7.06. The molecule has 1 aromatic carbocycles. The third-order valence-corrected chi connectivity index (χ3v) is 7.97. The molecule has 2 heterocycles. The molecule has 1 unspecified atom stereocenters. The van der Waals surface area contributed by atoms with Crippen molar-refractivity contribution in [3.05, 3.63) is 29.6 Å². The van der Waals surface area contributed by atoms with Crippen LogP contribution < -0.4 is 5.32 Å². The molecular weight excluding hydrogens is 448 g/mol. The first-order chi connectivity index (χ1) is 14.9. The second kappa shape index (κ2) is 9.29. The number of benzene rings is 1. The smallest absolute Gasteiger partial charge is 0.242 e. The molecule has 2 aromatic rings. The van der Waals surface area contributed by atoms with Crippen LogP contribution in [-0.2, 0) is 19.6 Å². The molecule has 0 bridgehead atoms. The summed E-state index contributed by atoms with van der Waals surface area (Å²) in [5.74, 6) is -0.339. The Labute approximate surface area is 193 Å². The van der Waals surface area contributed by atoms with E-state index in [0.717, 1.165) is 18.4 Å². The lowest BCUT2D eigenvalue weighted by atomic mass is 9.91. The highest BCUT2D eigenvalue weighted by Crippen LogP contribution is 2.28. The van der Waals surface area contributed by atoms with Crippen molar-refractivity contribution in [3.63, 3.8) is 0 Å². The molecule has 1 saturated heterocycles. The molecule has 0 saturated carbocycles. The standard InChI is InChI=1S/C22H30N4O4S2/c1-22(2,3)20(28)26-12-6-7-16(13-26)19(27)24-21-23-18(14-31-21)15-8-10-17(11-9-15)32(29,30)25(4)5/h8-11,14,16H,6-7,12-13H2,1-5H3,(H,23,24,27). The molecule has 174 valence electrons. The number of piperidine rings is 1. The summed E-state index contributed by atoms with van der Waals surface area (Å²) in [4.78, 5) is 31.8. The summed E-state index contributed by atoms with van der Waals surface area (Å²) in [6.07, 6.45) is 1.53. The number of aromatic nitrogens is 1. The van der Waals surface area contributed by atoms with Crippen molar-refractivity contribution in [1.82, 2.24) is 14.2 Å². The SMILES string of the molecule is CN(C)S(=O)(=O)c1ccc(-c2csc(NC(=O)C3CCCN(C(=O)C(C)(C)C)C3)n2)cc1. The largest absolute Gasteiger partial charge is 0.341 e. The molecule has 1 N–H and O–H groups in total. The van der Waals surface area contributed by atoms with Crippen LogP contribution in [0.4, 0.5) is 5.13 Å². The number of thiazole rings is 1. The molecule has 0 aliphatic carbocycles. The lowest BCUT2D eigenvalue weighted by Gasteiger charge is -2.35. The molecule has 2 amide bonds. The van der Waals surface area contributed by atoms with E-state index in [1.807, 2.05) is 26.2 Å². The van der Waals surface area contributed by atoms with Gasteiger partial charge in [0, 0.05) is 43.5 Å². The van der Waals surface area contributed by atoms with E-state index in [0.29, 0.717) is 23.9 Å². The summed E-state index contributed by atoms with van der Waals surface area (Å²) in [6.45, 7) is 6.76. The molecule has 3 rings (SSSR count). The molecule has 1 aliphatic rings. The Balaban J connectivity index is 1.66. The van der Waals surface area contributed by atoms with E-state index >= 15 is 0 Å². The van der Waals surface area contributed by atoms with Crippen LogP contribution in [0.15, 0.2) is 34.5 Å². The first-order valence-corrected chi connectivity index (χ1v) is 12.8. The van der Waals surface area contributed by atoms with Gasteiger partial charge in [0.25, 0.3) is 0 Å². The number of sulfonamides is 1. The van der Waals surface area contributed by atoms with E-state index in [1.165, 1.54) is 29.7 Å². The van der Waals surface area contributed by atoms with Gasteiger partial charge in [0.2, 0.25) is 21.8 Å². The molecule has 1 atom stereocenters. The summed E-state index contributed by atoms with van der Waals surface area (Å²) < 4.78 is 25.6. The van der Waals surface area contributed by atoms with Gasteiger partial charge in [-0.2, -0.15) is 0 Å². The van der Waals surface area contributed by atoms with Crippen LogP contribution in [0.5, 0.6) is 0 Å². The number of anilines is 1. The van der Waals surface area contributed by atoms with Gasteiger partial charge in [0.05, 0.1) is 16.5 Å². The first-order valence-electron chi connectivity index (χ1n) is 10.5. The summed E-state index contributed by atoms with van der Waals surface area (Å²) in [5, 5.41) is 5.18. The van der Waals surface area contributed by atoms with Gasteiger partial charge in [-0.1, -0.05) is 32.9 Å². The number of likely N-dealkylation sites (tertiary alicyclic amines) is 1. The fourth-order valence-electron chi connectivity index (χ4n) is 3.53. The van der Waals surface area contributed by atoms with Gasteiger partial charge in [-0.25, -0.2) is 17.7 Å². The zero-order valence-corrected chi connectivity index (χ0v) is 20.7. The molecule has 10 heteroatoms. The van der Waals surface area contributed by atoms with Crippen molar-refractivity contribution in [2.75, 3.05) is 32.5 Å². The van der Waals surface area contributed by atoms with Crippen molar-refractivity contribution < 1.29 is 18.0 Å². The lowest BCUT2D eigenvalue weighted by molar-refractivity contribution is -0.142. The Hall–Kier alpha value is -2.30. The monoisotopic (exact) mass is 478 g/mol. The van der Waals surface area contributed by atoms with Crippen molar-refractivity contribution >= 4 is 38.3 Å². The summed E-state index contributed by atoms with van der Waals surface area (Å²) in [7, 11) is -0.510. The average molecular weight is 479 g/mol. The second-order valence-electron chi connectivity index (χ2n) is 9.18. The molecular formula is C22H30N4O4S2. The third kappa shape index (κ3) is 5.36. The maximum Gasteiger partial charge on any atom is 0.242 e. The fraction of sp³-hybridized carbons (Fsp3) is 0.500. The topological polar surface area (TPSA) is 99.7 Å². The van der Waals surface area contributed by atoms with Crippen LogP contribution >= 0.6 is 11.3 Å². The van der Waals surface area contributed by atoms with Crippen molar-refractivity contribution in [1.29, 1.82) is 0 Å². The molecule has 0 spiro atoms. The van der Waals surface area contributed by atoms with Gasteiger partial charge in [-0.15, -0.1) is 11.3 Å². The maximum atomic E-state index is 12.8. The van der Waals surface area contributed by atoms with Gasteiger partial charge in [0.1, 0.15) is 0 Å². The summed E-state index contributed by atoms with van der Waals surface area (Å²) in [5.41, 5.74) is 0.954. The van der Waals surface area contributed by atoms with Crippen molar-refractivity contribution in [2.24, 2.45) is 11.3 Å². The van der Waals surface area contributed by atoms with Gasteiger partial charge in [-0.3, -0.25) is 9.59 Å². The Morgan fingerprint density at radius 1 is 1.19 bits per heavy atom. The zero-order valence-electron chi connectivity index (χ0n) is 19.1. The van der Waals surface area contributed by atoms with Crippen LogP contribution in [-0.4, -0.2) is 61.6 Å². The van der Waals surface area contributed by atoms with Gasteiger partial charge >= 0.3 is 0 Å². The van der Waals surface area contributed by atoms with E-state index in [-0.39, 0.29) is 22.6 Å². The van der Waals surface area contributed by atoms with E-state index in [4.69, 9.17) is 0 Å². The highest BCUT2D eigenvalue weighted by atomic mass is 32.2. The molecule has 1 aromatic heterocycles. The number of hydrogen-bond donors (Lipinski definition) is 1. The maximum absolute atomic E-state index is 12.8. The molecule has 1 aliphatic heterocycles. The summed E-state index contributed by atoms with van der Waals surface area (Å²) in [6, 6.07) is 6.50. The highest BCUT2D eigenvalue weighted by molar-refractivity contribution is 7.89. The Morgan fingerprint density at radius 2 is 1.84 bits per heavy atom. The molecule has 0 radical (unpaired) electrons. The average Bonchev–Trinajstić information content (AvgIpc) is 3.21. The van der Waals surface area contributed by atoms with Crippen LogP contribution in [0.2, 0.25) is 0 Å². The number of hydrogen-bond acceptors (Lipinski definition) is 6. The Morgan fingerprint density at radius 3 is 2.44 bits per heavy atom. The fourth-order valence-corrected chi connectivity index (χ4v) is 5.15. The molecule has 1 fully saturated rings. The molecule has 8 nitrogen and oxygen atoms in total. The van der Waals surface area contributed by atoms with Crippen LogP contribution in [0.1, 0.15) is 33.6 Å². The lowest BCUT2D eigenvalue weighted by Crippen LogP contribution is -2.47. The van der Waals surface area contributed by atoms with Gasteiger partial charge in [0.15, 0.2) is 5.13 Å². The Bertz CT molecular complexity index is 1090. The number of carbonyl (C=O) groups is 2. The number of nitrogens with one attached hydrogen (secondary N) is 1. The third-order valence-electron chi connectivity index (χ3n) is 5.38. The first kappa shape index (κ1) is 24.3. The minimum absolute atomic E-state index is 0.0614. The second-order valence-corrected chi connectivity index (χ2v) is 12.2. The number of amides is 2. The van der Waals surface area contributed by atoms with Crippen LogP contribution in [0.3, 0.4) is 0 Å². The number of rotatable bonds is 5. The highest BCUT2D eigenvalue weighted by Gasteiger charge is 2.33. The van der Waals surface area contributed by atoms with Gasteiger partial charge < -0.3 is 10.2 Å². The minimum Gasteiger partial charge on any atom is -0.341 e. The van der Waals surface area contributed by atoms with E-state index in [2.05, 4.69) is 10.3 Å². The van der Waals surface area contributed by atoms with Crippen LogP contribution in [0.25, 0.3) is 11.3 Å².